The molecule has 1 N–H and O–H groups in total. The van der Waals surface area contributed by atoms with Crippen molar-refractivity contribution in [1.29, 1.82) is 0 Å². The number of pyridine rings is 1. The zero-order chi connectivity index (χ0) is 17.5. The van der Waals surface area contributed by atoms with Crippen LogP contribution in [0.25, 0.3) is 0 Å². The number of aromatic nitrogens is 1. The molecular weight excluding hydrogens is 385 g/mol. The summed E-state index contributed by atoms with van der Waals surface area (Å²) >= 11 is 0. The Morgan fingerprint density at radius 3 is 2.52 bits per heavy atom. The highest BCUT2D eigenvalue weighted by atomic mass is 35.5. The summed E-state index contributed by atoms with van der Waals surface area (Å²) in [5.74, 6) is 2.02. The van der Waals surface area contributed by atoms with Gasteiger partial charge in [0.25, 0.3) is 5.91 Å². The minimum Gasteiger partial charge on any atom is -0.457 e. The van der Waals surface area contributed by atoms with E-state index in [1.54, 1.807) is 18.3 Å². The van der Waals surface area contributed by atoms with Crippen molar-refractivity contribution in [3.63, 3.8) is 0 Å². The van der Waals surface area contributed by atoms with Crippen molar-refractivity contribution in [2.45, 2.75) is 19.8 Å². The van der Waals surface area contributed by atoms with E-state index in [1.165, 1.54) is 0 Å². The fourth-order valence-electron chi connectivity index (χ4n) is 3.07. The zero-order valence-electron chi connectivity index (χ0n) is 15.5. The number of benzene rings is 1. The van der Waals surface area contributed by atoms with Gasteiger partial charge in [-0.05, 0) is 50.0 Å². The Kier molecular flexibility index (Phi) is 10.1. The van der Waals surface area contributed by atoms with E-state index in [1.807, 2.05) is 35.2 Å². The summed E-state index contributed by atoms with van der Waals surface area (Å²) in [6.07, 6.45) is 3.71. The summed E-state index contributed by atoms with van der Waals surface area (Å²) in [4.78, 5) is 18.9. The molecule has 1 aliphatic rings. The highest BCUT2D eigenvalue weighted by molar-refractivity contribution is 5.92. The predicted octanol–water partition coefficient (Wildman–Crippen LogP) is 4.18. The number of likely N-dealkylation sites (tertiary alicyclic amines) is 1. The molecule has 0 aliphatic carbocycles. The largest absolute Gasteiger partial charge is 0.457 e. The number of nitrogens with one attached hydrogen (secondary N) is 1. The number of para-hydroxylation sites is 1. The summed E-state index contributed by atoms with van der Waals surface area (Å²) < 4.78 is 5.80. The van der Waals surface area contributed by atoms with Crippen molar-refractivity contribution in [2.24, 2.45) is 5.92 Å². The number of nitrogens with zero attached hydrogens (tertiary/aromatic N) is 2. The maximum absolute atomic E-state index is 12.7. The lowest BCUT2D eigenvalue weighted by Crippen LogP contribution is -2.41. The van der Waals surface area contributed by atoms with Gasteiger partial charge < -0.3 is 15.0 Å². The first-order chi connectivity index (χ1) is 12.3. The lowest BCUT2D eigenvalue weighted by molar-refractivity contribution is 0.0684. The van der Waals surface area contributed by atoms with Gasteiger partial charge in [0.1, 0.15) is 17.2 Å². The Morgan fingerprint density at radius 2 is 1.85 bits per heavy atom. The van der Waals surface area contributed by atoms with Crippen LogP contribution in [0, 0.1) is 5.92 Å². The predicted molar refractivity (Wildman–Crippen MR) is 112 cm³/mol. The quantitative estimate of drug-likeness (QED) is 0.774. The third kappa shape index (κ3) is 6.69. The van der Waals surface area contributed by atoms with E-state index >= 15 is 0 Å². The molecule has 7 heteroatoms. The van der Waals surface area contributed by atoms with Gasteiger partial charge in [-0.25, -0.2) is 0 Å². The van der Waals surface area contributed by atoms with Crippen LogP contribution in [0.4, 0.5) is 0 Å². The summed E-state index contributed by atoms with van der Waals surface area (Å²) in [6, 6.07) is 13.0. The molecule has 0 spiro atoms. The van der Waals surface area contributed by atoms with Crippen molar-refractivity contribution in [3.8, 4) is 11.5 Å². The third-order valence-corrected chi connectivity index (χ3v) is 4.51. The average Bonchev–Trinajstić information content (AvgIpc) is 2.67. The molecule has 0 bridgehead atoms. The van der Waals surface area contributed by atoms with E-state index in [0.717, 1.165) is 44.8 Å². The molecule has 1 fully saturated rings. The van der Waals surface area contributed by atoms with Crippen LogP contribution in [-0.2, 0) is 0 Å². The van der Waals surface area contributed by atoms with Gasteiger partial charge in [0.05, 0.1) is 0 Å². The van der Waals surface area contributed by atoms with E-state index in [4.69, 9.17) is 4.74 Å². The molecule has 1 aromatic carbocycles. The van der Waals surface area contributed by atoms with Crippen LogP contribution >= 0.6 is 24.8 Å². The molecule has 3 rings (SSSR count). The maximum Gasteiger partial charge on any atom is 0.272 e. The fraction of sp³-hybridized carbons (Fsp3) is 0.400. The lowest BCUT2D eigenvalue weighted by Gasteiger charge is -2.32. The molecule has 0 radical (unpaired) electrons. The third-order valence-electron chi connectivity index (χ3n) is 4.51. The van der Waals surface area contributed by atoms with E-state index in [0.29, 0.717) is 17.4 Å². The highest BCUT2D eigenvalue weighted by Gasteiger charge is 2.24. The summed E-state index contributed by atoms with van der Waals surface area (Å²) in [7, 11) is 0. The molecule has 1 aliphatic heterocycles. The highest BCUT2D eigenvalue weighted by Crippen LogP contribution is 2.23. The van der Waals surface area contributed by atoms with Crippen LogP contribution in [0.15, 0.2) is 48.7 Å². The molecule has 27 heavy (non-hydrogen) atoms. The number of carbonyl (C=O) groups excluding carboxylic acids is 1. The fourth-order valence-corrected chi connectivity index (χ4v) is 3.07. The Hall–Kier alpha value is -1.82. The number of piperidine rings is 1. The number of amides is 1. The first kappa shape index (κ1) is 23.2. The Balaban J connectivity index is 0.00000182. The van der Waals surface area contributed by atoms with E-state index < -0.39 is 0 Å². The number of rotatable bonds is 6. The Morgan fingerprint density at radius 1 is 1.15 bits per heavy atom. The van der Waals surface area contributed by atoms with Gasteiger partial charge >= 0.3 is 0 Å². The van der Waals surface area contributed by atoms with Crippen LogP contribution in [-0.4, -0.2) is 42.0 Å². The molecule has 0 atom stereocenters. The van der Waals surface area contributed by atoms with Crippen molar-refractivity contribution < 1.29 is 9.53 Å². The van der Waals surface area contributed by atoms with Crippen molar-refractivity contribution in [2.75, 3.05) is 26.2 Å². The standard InChI is InChI=1S/C20H25N3O2.2ClH/c1-2-21-15-16-9-12-23(13-10-16)20(24)19-14-18(8-11-22-19)25-17-6-4-3-5-7-17;;/h3-8,11,14,16,21H,2,9-10,12-13,15H2,1H3;2*1H. The van der Waals surface area contributed by atoms with E-state index in [9.17, 15) is 4.79 Å². The first-order valence-electron chi connectivity index (χ1n) is 8.95. The summed E-state index contributed by atoms with van der Waals surface area (Å²) in [6.45, 7) is 5.74. The monoisotopic (exact) mass is 411 g/mol. The van der Waals surface area contributed by atoms with Gasteiger partial charge in [0.2, 0.25) is 0 Å². The summed E-state index contributed by atoms with van der Waals surface area (Å²) in [5.41, 5.74) is 0.443. The molecule has 5 nitrogen and oxygen atoms in total. The molecule has 1 aromatic heterocycles. The molecule has 1 amide bonds. The van der Waals surface area contributed by atoms with Gasteiger partial charge in [0, 0.05) is 25.4 Å². The number of carbonyl (C=O) groups is 1. The second-order valence-corrected chi connectivity index (χ2v) is 6.34. The molecule has 148 valence electrons. The lowest BCUT2D eigenvalue weighted by atomic mass is 9.96. The molecule has 0 saturated carbocycles. The summed E-state index contributed by atoms with van der Waals surface area (Å²) in [5, 5.41) is 3.39. The number of hydrogen-bond acceptors (Lipinski definition) is 4. The topological polar surface area (TPSA) is 54.5 Å². The van der Waals surface area contributed by atoms with Gasteiger partial charge in [-0.2, -0.15) is 0 Å². The van der Waals surface area contributed by atoms with Crippen LogP contribution in [0.2, 0.25) is 0 Å². The van der Waals surface area contributed by atoms with Crippen molar-refractivity contribution in [1.82, 2.24) is 15.2 Å². The number of halogens is 2. The molecular formula is C20H27Cl2N3O2. The van der Waals surface area contributed by atoms with Gasteiger partial charge in [0.15, 0.2) is 0 Å². The zero-order valence-corrected chi connectivity index (χ0v) is 17.1. The van der Waals surface area contributed by atoms with Crippen molar-refractivity contribution in [3.05, 3.63) is 54.4 Å². The first-order valence-corrected chi connectivity index (χ1v) is 8.95. The van der Waals surface area contributed by atoms with Crippen LogP contribution in [0.1, 0.15) is 30.3 Å². The Bertz CT molecular complexity index is 693. The van der Waals surface area contributed by atoms with Gasteiger partial charge in [-0.3, -0.25) is 9.78 Å². The minimum atomic E-state index is -0.0135. The minimum absolute atomic E-state index is 0. The number of ether oxygens (including phenoxy) is 1. The normalized spacial score (nSPS) is 14.0. The van der Waals surface area contributed by atoms with Crippen LogP contribution in [0.3, 0.4) is 0 Å². The van der Waals surface area contributed by atoms with Gasteiger partial charge in [-0.1, -0.05) is 25.1 Å². The average molecular weight is 412 g/mol. The molecule has 0 unspecified atom stereocenters. The van der Waals surface area contributed by atoms with E-state index in [2.05, 4.69) is 17.2 Å². The van der Waals surface area contributed by atoms with Crippen LogP contribution in [0.5, 0.6) is 11.5 Å². The van der Waals surface area contributed by atoms with Crippen LogP contribution < -0.4 is 10.1 Å². The number of hydrogen-bond donors (Lipinski definition) is 1. The van der Waals surface area contributed by atoms with E-state index in [-0.39, 0.29) is 30.7 Å². The van der Waals surface area contributed by atoms with Crippen molar-refractivity contribution >= 4 is 30.7 Å². The SMILES string of the molecule is CCNCC1CCN(C(=O)c2cc(Oc3ccccc3)ccn2)CC1.Cl.Cl. The second kappa shape index (κ2) is 11.8. The smallest absolute Gasteiger partial charge is 0.272 e. The molecule has 2 aromatic rings. The van der Waals surface area contributed by atoms with Gasteiger partial charge in [-0.15, -0.1) is 24.8 Å². The Labute approximate surface area is 173 Å². The molecule has 1 saturated heterocycles. The molecule has 2 heterocycles. The maximum atomic E-state index is 12.7. The second-order valence-electron chi connectivity index (χ2n) is 6.34.